The molecule has 0 aromatic rings. The van der Waals surface area contributed by atoms with Gasteiger partial charge in [-0.2, -0.15) is 0 Å². The first-order chi connectivity index (χ1) is 13.3. The van der Waals surface area contributed by atoms with Crippen molar-refractivity contribution in [3.63, 3.8) is 0 Å². The maximum absolute atomic E-state index is 10.9. The molecule has 0 aliphatic carbocycles. The highest BCUT2D eigenvalue weighted by Gasteiger charge is 2.20. The highest BCUT2D eigenvalue weighted by atomic mass is 127. The van der Waals surface area contributed by atoms with Crippen LogP contribution in [0.5, 0.6) is 0 Å². The lowest BCUT2D eigenvalue weighted by molar-refractivity contribution is -0.731. The van der Waals surface area contributed by atoms with Crippen molar-refractivity contribution in [3.8, 4) is 0 Å². The van der Waals surface area contributed by atoms with Crippen LogP contribution in [0.15, 0.2) is 0 Å². The molecule has 170 valence electrons. The molecule has 0 bridgehead atoms. The highest BCUT2D eigenvalue weighted by molar-refractivity contribution is 14.1. The quantitative estimate of drug-likeness (QED) is 0.0692. The number of hydrogen-bond donors (Lipinski definition) is 2. The molecule has 0 saturated carbocycles. The Morgan fingerprint density at radius 2 is 0.964 bits per heavy atom. The van der Waals surface area contributed by atoms with Crippen LogP contribution in [0.3, 0.4) is 0 Å². The Balaban J connectivity index is 3.29. The van der Waals surface area contributed by atoms with Crippen LogP contribution in [0.25, 0.3) is 0 Å². The maximum Gasteiger partial charge on any atom is 0.325 e. The zero-order valence-corrected chi connectivity index (χ0v) is 21.8. The van der Waals surface area contributed by atoms with E-state index in [0.717, 1.165) is 15.8 Å². The Bertz CT molecular complexity index is 388. The second-order valence-corrected chi connectivity index (χ2v) is 12.9. The molecule has 0 aromatic carbocycles. The molecular formula is C22H48INO3P+. The minimum atomic E-state index is -3.83. The van der Waals surface area contributed by atoms with Crippen molar-refractivity contribution in [2.24, 2.45) is 0 Å². The smallest absolute Gasteiger partial charge is 0.324 e. The van der Waals surface area contributed by atoms with E-state index in [-0.39, 0.29) is 6.16 Å². The number of halogens is 1. The summed E-state index contributed by atoms with van der Waals surface area (Å²) in [6.07, 6.45) is 22.8. The van der Waals surface area contributed by atoms with Crippen LogP contribution in [-0.4, -0.2) is 38.8 Å². The van der Waals surface area contributed by atoms with Crippen LogP contribution in [0.4, 0.5) is 0 Å². The van der Waals surface area contributed by atoms with Crippen LogP contribution < -0.4 is 0 Å². The summed E-state index contributed by atoms with van der Waals surface area (Å²) in [6.45, 7) is 4.21. The van der Waals surface area contributed by atoms with Crippen LogP contribution in [0, 0.1) is 0 Å². The average molecular weight is 533 g/mol. The molecule has 0 radical (unpaired) electrons. The summed E-state index contributed by atoms with van der Waals surface area (Å²) in [4.78, 5) is 17.9. The lowest BCUT2D eigenvalue weighted by Gasteiger charge is -2.26. The van der Waals surface area contributed by atoms with Crippen LogP contribution in [0.2, 0.25) is 0 Å². The predicted molar refractivity (Wildman–Crippen MR) is 131 cm³/mol. The van der Waals surface area contributed by atoms with Gasteiger partial charge >= 0.3 is 7.60 Å². The van der Waals surface area contributed by atoms with Crippen molar-refractivity contribution in [2.45, 2.75) is 116 Å². The fraction of sp³-hybridized carbons (Fsp3) is 1.00. The van der Waals surface area contributed by atoms with Crippen LogP contribution >= 0.6 is 30.5 Å². The third-order valence-corrected chi connectivity index (χ3v) is 7.42. The van der Waals surface area contributed by atoms with Gasteiger partial charge in [0.25, 0.3) is 0 Å². The zero-order chi connectivity index (χ0) is 21.1. The monoisotopic (exact) mass is 532 g/mol. The SMILES string of the molecule is CCCCCCCCCCCCCCCCCC[N+](C)(I)CCCP(=O)(O)O. The van der Waals surface area contributed by atoms with Gasteiger partial charge in [-0.25, -0.2) is 0 Å². The Labute approximate surface area is 189 Å². The van der Waals surface area contributed by atoms with Crippen molar-refractivity contribution in [2.75, 3.05) is 26.3 Å². The largest absolute Gasteiger partial charge is 0.325 e. The molecule has 0 amide bonds. The fourth-order valence-corrected chi connectivity index (χ4v) is 4.94. The normalized spacial score (nSPS) is 14.3. The molecular weight excluding hydrogens is 484 g/mol. The first-order valence-corrected chi connectivity index (χ1v) is 14.6. The van der Waals surface area contributed by atoms with Gasteiger partial charge in [0, 0.05) is 6.42 Å². The predicted octanol–water partition coefficient (Wildman–Crippen LogP) is 7.61. The molecule has 0 fully saturated rings. The number of unbranched alkanes of at least 4 members (excludes halogenated alkanes) is 15. The van der Waals surface area contributed by atoms with Gasteiger partial charge in [0.1, 0.15) is 0 Å². The summed E-state index contributed by atoms with van der Waals surface area (Å²) in [7, 11) is -1.67. The Morgan fingerprint density at radius 3 is 1.32 bits per heavy atom. The van der Waals surface area contributed by atoms with Gasteiger partial charge in [0.15, 0.2) is 0 Å². The van der Waals surface area contributed by atoms with Crippen molar-refractivity contribution in [3.05, 3.63) is 0 Å². The van der Waals surface area contributed by atoms with Gasteiger partial charge in [-0.05, 0) is 12.8 Å². The van der Waals surface area contributed by atoms with Gasteiger partial charge < -0.3 is 9.79 Å². The van der Waals surface area contributed by atoms with Gasteiger partial charge in [-0.15, -0.1) is 0 Å². The number of rotatable bonds is 21. The average Bonchev–Trinajstić information content (AvgIpc) is 2.60. The summed E-state index contributed by atoms with van der Waals surface area (Å²) < 4.78 is 11.8. The van der Waals surface area contributed by atoms with Gasteiger partial charge in [0.2, 0.25) is 22.9 Å². The van der Waals surface area contributed by atoms with E-state index in [2.05, 4.69) is 36.8 Å². The van der Waals surface area contributed by atoms with E-state index in [1.165, 1.54) is 103 Å². The second kappa shape index (κ2) is 18.6. The zero-order valence-electron chi connectivity index (χ0n) is 18.7. The number of hydrogen-bond acceptors (Lipinski definition) is 1. The molecule has 0 rings (SSSR count). The number of nitrogens with zero attached hydrogens (tertiary/aromatic N) is 1. The van der Waals surface area contributed by atoms with E-state index in [0.29, 0.717) is 6.42 Å². The molecule has 0 aliphatic rings. The molecule has 28 heavy (non-hydrogen) atoms. The van der Waals surface area contributed by atoms with Crippen molar-refractivity contribution in [1.29, 1.82) is 0 Å². The molecule has 2 N–H and O–H groups in total. The lowest BCUT2D eigenvalue weighted by Crippen LogP contribution is -2.34. The minimum Gasteiger partial charge on any atom is -0.324 e. The standard InChI is InChI=1S/C22H47INO3P/c1-3-4-5-6-7-8-9-10-11-12-13-14-15-16-17-18-20-24(2,23)21-19-22-28(25,26)27/h3-22H2,1-2H3,(H-,25,26,27)/p+1. The summed E-state index contributed by atoms with van der Waals surface area (Å²) in [6, 6.07) is 0. The minimum absolute atomic E-state index is 0.0167. The van der Waals surface area contributed by atoms with E-state index in [1.54, 1.807) is 0 Å². The van der Waals surface area contributed by atoms with E-state index >= 15 is 0 Å². The molecule has 0 saturated heterocycles. The summed E-state index contributed by atoms with van der Waals surface area (Å²) >= 11 is 2.41. The molecule has 4 nitrogen and oxygen atoms in total. The number of quaternary nitrogens is 1. The molecule has 0 heterocycles. The maximum atomic E-state index is 10.9. The first kappa shape index (κ1) is 28.8. The van der Waals surface area contributed by atoms with Crippen molar-refractivity contribution < 1.29 is 17.0 Å². The topological polar surface area (TPSA) is 57.5 Å². The summed E-state index contributed by atoms with van der Waals surface area (Å²) in [5, 5.41) is 0. The fourth-order valence-electron chi connectivity index (χ4n) is 3.71. The second-order valence-electron chi connectivity index (χ2n) is 8.76. The summed E-state index contributed by atoms with van der Waals surface area (Å²) in [5.41, 5.74) is 0. The van der Waals surface area contributed by atoms with Crippen molar-refractivity contribution >= 4 is 30.5 Å². The Kier molecular flexibility index (Phi) is 19.2. The van der Waals surface area contributed by atoms with Crippen LogP contribution in [-0.2, 0) is 4.57 Å². The van der Waals surface area contributed by atoms with E-state index < -0.39 is 7.60 Å². The van der Waals surface area contributed by atoms with E-state index in [4.69, 9.17) is 9.79 Å². The highest BCUT2D eigenvalue weighted by Crippen LogP contribution is 2.35. The van der Waals surface area contributed by atoms with Gasteiger partial charge in [-0.3, -0.25) is 7.26 Å². The third-order valence-electron chi connectivity index (χ3n) is 5.55. The molecule has 1 atom stereocenters. The van der Waals surface area contributed by atoms with Crippen LogP contribution in [0.1, 0.15) is 116 Å². The van der Waals surface area contributed by atoms with Gasteiger partial charge in [0.05, 0.1) is 26.3 Å². The first-order valence-electron chi connectivity index (χ1n) is 11.9. The molecule has 0 aliphatic heterocycles. The summed E-state index contributed by atoms with van der Waals surface area (Å²) in [5.74, 6) is 0. The molecule has 6 heteroatoms. The molecule has 0 spiro atoms. The lowest BCUT2D eigenvalue weighted by atomic mass is 10.0. The molecule has 1 unspecified atom stereocenters. The molecule has 0 aromatic heterocycles. The van der Waals surface area contributed by atoms with E-state index in [1.807, 2.05) is 0 Å². The van der Waals surface area contributed by atoms with Crippen molar-refractivity contribution in [1.82, 2.24) is 0 Å². The third kappa shape index (κ3) is 23.1. The van der Waals surface area contributed by atoms with E-state index in [9.17, 15) is 4.57 Å². The Morgan fingerprint density at radius 1 is 0.643 bits per heavy atom. The van der Waals surface area contributed by atoms with Gasteiger partial charge in [-0.1, -0.05) is 96.8 Å². The Hall–Kier alpha value is 0.840.